The van der Waals surface area contributed by atoms with E-state index in [0.717, 1.165) is 6.54 Å². The first kappa shape index (κ1) is 19.5. The molecule has 0 amide bonds. The topological polar surface area (TPSA) is 23.8 Å². The van der Waals surface area contributed by atoms with E-state index in [4.69, 9.17) is 5.26 Å². The summed E-state index contributed by atoms with van der Waals surface area (Å²) in [5, 5.41) is 9.14. The number of unbranched alkanes of at least 4 members (excludes halogenated alkanes) is 8. The molecule has 0 aromatic heterocycles. The van der Waals surface area contributed by atoms with E-state index in [0.29, 0.717) is 4.39 Å². The quantitative estimate of drug-likeness (QED) is 0.340. The first-order chi connectivity index (χ1) is 8.87. The lowest BCUT2D eigenvalue weighted by molar-refractivity contribution is -0.781. The third-order valence-corrected chi connectivity index (χ3v) is 6.50. The van der Waals surface area contributed by atoms with E-state index in [1.807, 2.05) is 0 Å². The van der Waals surface area contributed by atoms with Crippen LogP contribution in [0.3, 0.4) is 0 Å². The summed E-state index contributed by atoms with van der Waals surface area (Å²) in [6.45, 7) is 3.30. The van der Waals surface area contributed by atoms with Crippen LogP contribution >= 0.6 is 31.5 Å². The Balaban J connectivity index is 3.57. The molecule has 19 heavy (non-hydrogen) atoms. The molecule has 0 N–H and O–H groups in total. The van der Waals surface area contributed by atoms with Crippen LogP contribution in [0.2, 0.25) is 0 Å². The van der Waals surface area contributed by atoms with Crippen LogP contribution in [0.1, 0.15) is 64.7 Å². The smallest absolute Gasteiger partial charge is 0.424 e. The third-order valence-electron chi connectivity index (χ3n) is 3.87. The fraction of sp³-hybridized carbons (Fsp3) is 0.929. The zero-order valence-electron chi connectivity index (χ0n) is 12.8. The van der Waals surface area contributed by atoms with Crippen LogP contribution in [0.4, 0.5) is 0 Å². The molecule has 0 aliphatic heterocycles. The SMILES string of the molecule is CCCCCCCCCCC[N+](C)(C)[B-](Br)(Br)C#N. The molecule has 0 aromatic carbocycles. The van der Waals surface area contributed by atoms with Gasteiger partial charge in [0.25, 0.3) is 0 Å². The molecule has 0 rings (SSSR count). The minimum atomic E-state index is -1.32. The van der Waals surface area contributed by atoms with Gasteiger partial charge >= 0.3 is 3.93 Å². The molecule has 0 aliphatic rings. The molecule has 0 spiro atoms. The van der Waals surface area contributed by atoms with Gasteiger partial charge in [0.15, 0.2) is 0 Å². The molecule has 5 heteroatoms. The molecule has 2 nitrogen and oxygen atoms in total. The monoisotopic (exact) mass is 394 g/mol. The second-order valence-electron chi connectivity index (χ2n) is 6.08. The van der Waals surface area contributed by atoms with Gasteiger partial charge in [0.1, 0.15) is 0 Å². The summed E-state index contributed by atoms with van der Waals surface area (Å²) in [4.78, 5) is 0. The van der Waals surface area contributed by atoms with Crippen molar-refractivity contribution in [2.75, 3.05) is 20.6 Å². The molecular formula is C14H29BBr2N2. The van der Waals surface area contributed by atoms with Crippen LogP contribution < -0.4 is 0 Å². The predicted octanol–water partition coefficient (Wildman–Crippen LogP) is 5.39. The molecule has 0 aromatic rings. The Morgan fingerprint density at radius 2 is 1.32 bits per heavy atom. The number of quaternary nitrogens is 1. The maximum absolute atomic E-state index is 9.14. The van der Waals surface area contributed by atoms with Crippen molar-refractivity contribution in [3.05, 3.63) is 0 Å². The highest BCUT2D eigenvalue weighted by Gasteiger charge is 2.35. The number of rotatable bonds is 11. The molecule has 0 radical (unpaired) electrons. The van der Waals surface area contributed by atoms with Crippen molar-refractivity contribution in [3.8, 4) is 5.97 Å². The lowest BCUT2D eigenvalue weighted by Gasteiger charge is -2.45. The fourth-order valence-corrected chi connectivity index (χ4v) is 2.56. The molecule has 0 aliphatic carbocycles. The first-order valence-corrected chi connectivity index (χ1v) is 9.46. The van der Waals surface area contributed by atoms with Gasteiger partial charge in [-0.05, 0) is 12.8 Å². The van der Waals surface area contributed by atoms with Crippen molar-refractivity contribution in [2.45, 2.75) is 64.7 Å². The maximum atomic E-state index is 9.14. The van der Waals surface area contributed by atoms with E-state index < -0.39 is 3.93 Å². The summed E-state index contributed by atoms with van der Waals surface area (Å²) in [5.74, 6) is 2.33. The van der Waals surface area contributed by atoms with Crippen molar-refractivity contribution >= 4 is 35.4 Å². The normalized spacial score (nSPS) is 12.4. The summed E-state index contributed by atoms with van der Waals surface area (Å²) in [7, 11) is 4.22. The van der Waals surface area contributed by atoms with Gasteiger partial charge in [-0.1, -0.05) is 57.8 Å². The largest absolute Gasteiger partial charge is 0.489 e. The van der Waals surface area contributed by atoms with E-state index in [1.165, 1.54) is 57.8 Å². The molecule has 0 fully saturated rings. The van der Waals surface area contributed by atoms with Crippen LogP contribution in [0, 0.1) is 11.2 Å². The number of nitriles is 1. The molecule has 112 valence electrons. The zero-order valence-corrected chi connectivity index (χ0v) is 16.0. The van der Waals surface area contributed by atoms with Gasteiger partial charge in [0.2, 0.25) is 0 Å². The van der Waals surface area contributed by atoms with Gasteiger partial charge in [-0.3, -0.25) is 0 Å². The van der Waals surface area contributed by atoms with E-state index in [1.54, 1.807) is 0 Å². The maximum Gasteiger partial charge on any atom is 0.424 e. The summed E-state index contributed by atoms with van der Waals surface area (Å²) in [6, 6.07) is 0. The van der Waals surface area contributed by atoms with Crippen molar-refractivity contribution < 1.29 is 4.39 Å². The lowest BCUT2D eigenvalue weighted by atomic mass is 9.89. The summed E-state index contributed by atoms with van der Waals surface area (Å²) < 4.78 is -0.615. The predicted molar refractivity (Wildman–Crippen MR) is 93.4 cm³/mol. The number of hydrogen-bond acceptors (Lipinski definition) is 1. The molecule has 0 saturated carbocycles. The van der Waals surface area contributed by atoms with Gasteiger partial charge < -0.3 is 4.39 Å². The molecular weight excluding hydrogens is 367 g/mol. The van der Waals surface area contributed by atoms with Crippen LogP contribution in [0.15, 0.2) is 0 Å². The highest BCUT2D eigenvalue weighted by atomic mass is 79.9. The van der Waals surface area contributed by atoms with Crippen molar-refractivity contribution in [1.29, 1.82) is 5.26 Å². The van der Waals surface area contributed by atoms with E-state index in [2.05, 4.69) is 58.5 Å². The number of nitrogens with zero attached hydrogens (tertiary/aromatic N) is 2. The highest BCUT2D eigenvalue weighted by Crippen LogP contribution is 2.29. The van der Waals surface area contributed by atoms with Gasteiger partial charge in [0, 0.05) is 20.6 Å². The van der Waals surface area contributed by atoms with E-state index in [-0.39, 0.29) is 0 Å². The Kier molecular flexibility index (Phi) is 10.5. The second-order valence-corrected chi connectivity index (χ2v) is 9.96. The lowest BCUT2D eigenvalue weighted by Crippen LogP contribution is -2.56. The van der Waals surface area contributed by atoms with Crippen molar-refractivity contribution in [2.24, 2.45) is 0 Å². The standard InChI is InChI=1S/C14H29BBr2N2/c1-4-5-6-7-8-9-10-11-12-13-19(2,3)15(16,17)14-18/h4-13H2,1-3H3. The molecule has 0 saturated heterocycles. The van der Waals surface area contributed by atoms with Gasteiger partial charge in [-0.15, -0.1) is 0 Å². The fourth-order valence-electron chi connectivity index (χ4n) is 2.15. The zero-order chi connectivity index (χ0) is 14.8. The Bertz CT molecular complexity index is 275. The van der Waals surface area contributed by atoms with Crippen LogP contribution in [-0.4, -0.2) is 29.0 Å². The Hall–Kier alpha value is 0.475. The van der Waals surface area contributed by atoms with Crippen LogP contribution in [0.5, 0.6) is 0 Å². The Labute approximate surface area is 136 Å². The van der Waals surface area contributed by atoms with Gasteiger partial charge in [-0.2, -0.15) is 0 Å². The van der Waals surface area contributed by atoms with E-state index in [9.17, 15) is 0 Å². The highest BCUT2D eigenvalue weighted by molar-refractivity contribution is 9.51. The number of halogens is 2. The third kappa shape index (κ3) is 8.37. The van der Waals surface area contributed by atoms with Crippen molar-refractivity contribution in [3.63, 3.8) is 0 Å². The summed E-state index contributed by atoms with van der Waals surface area (Å²) in [6.07, 6.45) is 12.1. The summed E-state index contributed by atoms with van der Waals surface area (Å²) >= 11 is 7.02. The molecule has 0 heterocycles. The average Bonchev–Trinajstić information content (AvgIpc) is 2.36. The van der Waals surface area contributed by atoms with Gasteiger partial charge in [0.05, 0.1) is 0 Å². The Morgan fingerprint density at radius 1 is 0.895 bits per heavy atom. The van der Waals surface area contributed by atoms with Crippen LogP contribution in [-0.2, 0) is 0 Å². The first-order valence-electron chi connectivity index (χ1n) is 7.62. The Morgan fingerprint density at radius 3 is 1.74 bits per heavy atom. The molecule has 0 unspecified atom stereocenters. The average molecular weight is 396 g/mol. The van der Waals surface area contributed by atoms with Crippen molar-refractivity contribution in [1.82, 2.24) is 0 Å². The summed E-state index contributed by atoms with van der Waals surface area (Å²) in [5.41, 5.74) is 0. The minimum Gasteiger partial charge on any atom is -0.489 e. The van der Waals surface area contributed by atoms with E-state index >= 15 is 0 Å². The molecule has 0 bridgehead atoms. The minimum absolute atomic E-state index is 0.701. The second kappa shape index (κ2) is 10.2. The molecule has 0 atom stereocenters. The number of hydrogen-bond donors (Lipinski definition) is 0. The van der Waals surface area contributed by atoms with Gasteiger partial charge in [-0.25, -0.2) is 36.8 Å². The van der Waals surface area contributed by atoms with Crippen LogP contribution in [0.25, 0.3) is 0 Å².